The van der Waals surface area contributed by atoms with Gasteiger partial charge in [-0.05, 0) is 55.0 Å². The number of carbonyl (C=O) groups is 2. The number of ketones is 1. The highest BCUT2D eigenvalue weighted by molar-refractivity contribution is 8.00. The van der Waals surface area contributed by atoms with E-state index in [1.54, 1.807) is 24.1 Å². The van der Waals surface area contributed by atoms with Crippen molar-refractivity contribution in [3.8, 4) is 5.75 Å². The Bertz CT molecular complexity index is 725. The Kier molecular flexibility index (Phi) is 5.20. The van der Waals surface area contributed by atoms with Crippen molar-refractivity contribution in [3.63, 3.8) is 0 Å². The standard InChI is InChI=1S/C19H19NO3S/c1-23-16-8-10-17(11-9-16)24-13-18(21)14-4-6-15(7-5-14)20-12-2-3-19(20)22/h4-11H,2-3,12-13H2,1H3. The van der Waals surface area contributed by atoms with Crippen LogP contribution in [0, 0.1) is 0 Å². The van der Waals surface area contributed by atoms with Crippen LogP contribution >= 0.6 is 11.8 Å². The molecule has 0 spiro atoms. The Balaban J connectivity index is 1.59. The van der Waals surface area contributed by atoms with Crippen LogP contribution in [0.15, 0.2) is 53.4 Å². The zero-order valence-electron chi connectivity index (χ0n) is 13.5. The van der Waals surface area contributed by atoms with Crippen LogP contribution in [0.2, 0.25) is 0 Å². The van der Waals surface area contributed by atoms with Gasteiger partial charge in [0.25, 0.3) is 0 Å². The summed E-state index contributed by atoms with van der Waals surface area (Å²) in [5, 5.41) is 0. The maximum absolute atomic E-state index is 12.3. The van der Waals surface area contributed by atoms with Gasteiger partial charge in [0.05, 0.1) is 12.9 Å². The number of rotatable bonds is 6. The Morgan fingerprint density at radius 3 is 2.42 bits per heavy atom. The summed E-state index contributed by atoms with van der Waals surface area (Å²) in [4.78, 5) is 26.9. The smallest absolute Gasteiger partial charge is 0.227 e. The zero-order valence-corrected chi connectivity index (χ0v) is 14.3. The van der Waals surface area contributed by atoms with E-state index in [9.17, 15) is 9.59 Å². The quantitative estimate of drug-likeness (QED) is 0.592. The number of thioether (sulfide) groups is 1. The average molecular weight is 341 g/mol. The molecule has 24 heavy (non-hydrogen) atoms. The van der Waals surface area contributed by atoms with E-state index in [1.165, 1.54) is 11.8 Å². The fraction of sp³-hybridized carbons (Fsp3) is 0.263. The van der Waals surface area contributed by atoms with Gasteiger partial charge < -0.3 is 9.64 Å². The monoisotopic (exact) mass is 341 g/mol. The number of methoxy groups -OCH3 is 1. The summed E-state index contributed by atoms with van der Waals surface area (Å²) >= 11 is 1.50. The predicted molar refractivity (Wildman–Crippen MR) is 96.1 cm³/mol. The van der Waals surface area contributed by atoms with Crippen LogP contribution < -0.4 is 9.64 Å². The molecule has 0 saturated carbocycles. The number of Topliss-reactive ketones (excluding diaryl/α,β-unsaturated/α-hetero) is 1. The first-order valence-corrected chi connectivity index (χ1v) is 8.86. The first kappa shape index (κ1) is 16.6. The van der Waals surface area contributed by atoms with Crippen molar-refractivity contribution < 1.29 is 14.3 Å². The highest BCUT2D eigenvalue weighted by Crippen LogP contribution is 2.24. The van der Waals surface area contributed by atoms with E-state index in [-0.39, 0.29) is 11.7 Å². The van der Waals surface area contributed by atoms with E-state index in [1.807, 2.05) is 36.4 Å². The lowest BCUT2D eigenvalue weighted by atomic mass is 10.1. The van der Waals surface area contributed by atoms with Crippen molar-refractivity contribution in [2.24, 2.45) is 0 Å². The third-order valence-electron chi connectivity index (χ3n) is 4.00. The van der Waals surface area contributed by atoms with Gasteiger partial charge >= 0.3 is 0 Å². The second-order valence-electron chi connectivity index (χ2n) is 5.58. The van der Waals surface area contributed by atoms with Crippen LogP contribution in [0.1, 0.15) is 23.2 Å². The first-order chi connectivity index (χ1) is 11.7. The molecular formula is C19H19NO3S. The van der Waals surface area contributed by atoms with Crippen molar-refractivity contribution >= 4 is 29.1 Å². The fourth-order valence-electron chi connectivity index (χ4n) is 2.65. The summed E-state index contributed by atoms with van der Waals surface area (Å²) < 4.78 is 5.12. The second kappa shape index (κ2) is 7.53. The van der Waals surface area contributed by atoms with Gasteiger partial charge in [-0.1, -0.05) is 0 Å². The van der Waals surface area contributed by atoms with Gasteiger partial charge in [0.15, 0.2) is 5.78 Å². The van der Waals surface area contributed by atoms with E-state index in [4.69, 9.17) is 4.74 Å². The highest BCUT2D eigenvalue weighted by Gasteiger charge is 2.21. The average Bonchev–Trinajstić information content (AvgIpc) is 3.06. The minimum atomic E-state index is 0.0788. The van der Waals surface area contributed by atoms with E-state index in [0.717, 1.165) is 29.3 Å². The molecule has 0 N–H and O–H groups in total. The van der Waals surface area contributed by atoms with E-state index >= 15 is 0 Å². The van der Waals surface area contributed by atoms with Gasteiger partial charge in [0, 0.05) is 29.1 Å². The molecule has 124 valence electrons. The zero-order chi connectivity index (χ0) is 16.9. The number of benzene rings is 2. The molecule has 1 fully saturated rings. The Morgan fingerprint density at radius 2 is 1.83 bits per heavy atom. The minimum absolute atomic E-state index is 0.0788. The van der Waals surface area contributed by atoms with E-state index < -0.39 is 0 Å². The molecule has 2 aromatic carbocycles. The Hall–Kier alpha value is -2.27. The van der Waals surface area contributed by atoms with Gasteiger partial charge in [-0.15, -0.1) is 11.8 Å². The summed E-state index contributed by atoms with van der Waals surface area (Å²) in [5.74, 6) is 1.42. The lowest BCUT2D eigenvalue weighted by molar-refractivity contribution is -0.117. The van der Waals surface area contributed by atoms with Crippen molar-refractivity contribution in [1.82, 2.24) is 0 Å². The summed E-state index contributed by atoms with van der Waals surface area (Å²) in [5.41, 5.74) is 1.54. The molecule has 0 aromatic heterocycles. The number of nitrogens with zero attached hydrogens (tertiary/aromatic N) is 1. The lowest BCUT2D eigenvalue weighted by Gasteiger charge is -2.15. The number of amides is 1. The summed E-state index contributed by atoms with van der Waals surface area (Å²) in [7, 11) is 1.63. The third kappa shape index (κ3) is 3.79. The van der Waals surface area contributed by atoms with Gasteiger partial charge in [-0.25, -0.2) is 0 Å². The molecule has 5 heteroatoms. The molecule has 0 unspecified atom stereocenters. The van der Waals surface area contributed by atoms with Crippen LogP contribution in [0.25, 0.3) is 0 Å². The predicted octanol–water partition coefficient (Wildman–Crippen LogP) is 3.80. The normalized spacial score (nSPS) is 14.0. The maximum Gasteiger partial charge on any atom is 0.227 e. The van der Waals surface area contributed by atoms with Crippen LogP contribution in [0.5, 0.6) is 5.75 Å². The Labute approximate surface area is 145 Å². The number of ether oxygens (including phenoxy) is 1. The molecule has 2 aromatic rings. The summed E-state index contributed by atoms with van der Waals surface area (Å²) in [6, 6.07) is 15.0. The molecule has 0 aliphatic carbocycles. The topological polar surface area (TPSA) is 46.6 Å². The molecule has 1 aliphatic rings. The van der Waals surface area contributed by atoms with Gasteiger partial charge in [-0.2, -0.15) is 0 Å². The van der Waals surface area contributed by atoms with Crippen molar-refractivity contribution in [1.29, 1.82) is 0 Å². The summed E-state index contributed by atoms with van der Waals surface area (Å²) in [6.45, 7) is 0.763. The fourth-order valence-corrected chi connectivity index (χ4v) is 3.45. The molecule has 3 rings (SSSR count). The molecule has 1 saturated heterocycles. The largest absolute Gasteiger partial charge is 0.497 e. The maximum atomic E-state index is 12.3. The molecule has 1 amide bonds. The number of hydrogen-bond acceptors (Lipinski definition) is 4. The van der Waals surface area contributed by atoms with Gasteiger partial charge in [-0.3, -0.25) is 9.59 Å². The first-order valence-electron chi connectivity index (χ1n) is 7.88. The van der Waals surface area contributed by atoms with Crippen molar-refractivity contribution in [3.05, 3.63) is 54.1 Å². The van der Waals surface area contributed by atoms with E-state index in [2.05, 4.69) is 0 Å². The minimum Gasteiger partial charge on any atom is -0.497 e. The van der Waals surface area contributed by atoms with Crippen LogP contribution in [0.4, 0.5) is 5.69 Å². The molecule has 1 aliphatic heterocycles. The number of anilines is 1. The molecule has 4 nitrogen and oxygen atoms in total. The second-order valence-corrected chi connectivity index (χ2v) is 6.63. The number of hydrogen-bond donors (Lipinski definition) is 0. The van der Waals surface area contributed by atoms with Gasteiger partial charge in [0.2, 0.25) is 5.91 Å². The van der Waals surface area contributed by atoms with Crippen LogP contribution in [0.3, 0.4) is 0 Å². The molecule has 1 heterocycles. The highest BCUT2D eigenvalue weighted by atomic mass is 32.2. The molecule has 0 radical (unpaired) electrons. The molecular weight excluding hydrogens is 322 g/mol. The number of carbonyl (C=O) groups excluding carboxylic acids is 2. The SMILES string of the molecule is COc1ccc(SCC(=O)c2ccc(N3CCCC3=O)cc2)cc1. The lowest BCUT2D eigenvalue weighted by Crippen LogP contribution is -2.23. The van der Waals surface area contributed by atoms with Gasteiger partial charge in [0.1, 0.15) is 5.75 Å². The van der Waals surface area contributed by atoms with Crippen LogP contribution in [-0.2, 0) is 4.79 Å². The van der Waals surface area contributed by atoms with Crippen molar-refractivity contribution in [2.45, 2.75) is 17.7 Å². The Morgan fingerprint density at radius 1 is 1.12 bits per heavy atom. The molecule has 0 bridgehead atoms. The summed E-state index contributed by atoms with van der Waals surface area (Å²) in [6.07, 6.45) is 1.51. The van der Waals surface area contributed by atoms with Crippen LogP contribution in [-0.4, -0.2) is 31.1 Å². The van der Waals surface area contributed by atoms with E-state index in [0.29, 0.717) is 17.7 Å². The van der Waals surface area contributed by atoms with Crippen molar-refractivity contribution in [2.75, 3.05) is 24.3 Å². The molecule has 0 atom stereocenters. The third-order valence-corrected chi connectivity index (χ3v) is 5.02.